The molecule has 1 saturated heterocycles. The maximum absolute atomic E-state index is 12.9. The van der Waals surface area contributed by atoms with Gasteiger partial charge in [-0.2, -0.15) is 0 Å². The summed E-state index contributed by atoms with van der Waals surface area (Å²) in [6.07, 6.45) is 5.34. The molecule has 2 aromatic rings. The van der Waals surface area contributed by atoms with E-state index in [9.17, 15) is 9.59 Å². The van der Waals surface area contributed by atoms with E-state index in [4.69, 9.17) is 0 Å². The van der Waals surface area contributed by atoms with E-state index in [2.05, 4.69) is 20.6 Å². The third kappa shape index (κ3) is 4.17. The molecule has 0 aliphatic carbocycles. The fraction of sp³-hybridized carbons (Fsp3) is 0.368. The van der Waals surface area contributed by atoms with Crippen molar-refractivity contribution in [1.82, 2.24) is 14.9 Å². The molecule has 2 amide bonds. The summed E-state index contributed by atoms with van der Waals surface area (Å²) in [5.74, 6) is 1.27. The number of piperidine rings is 1. The Morgan fingerprint density at radius 1 is 1.15 bits per heavy atom. The minimum atomic E-state index is -0.210. The van der Waals surface area contributed by atoms with Crippen molar-refractivity contribution in [2.45, 2.75) is 25.7 Å². The number of hydrogen-bond donors (Lipinski definition) is 2. The van der Waals surface area contributed by atoms with Gasteiger partial charge in [0.15, 0.2) is 0 Å². The lowest BCUT2D eigenvalue weighted by atomic mass is 9.91. The first-order chi connectivity index (χ1) is 12.6. The largest absolute Gasteiger partial charge is 0.373 e. The first kappa shape index (κ1) is 17.8. The monoisotopic (exact) mass is 353 g/mol. The molecule has 7 heteroatoms. The Morgan fingerprint density at radius 2 is 1.92 bits per heavy atom. The van der Waals surface area contributed by atoms with Gasteiger partial charge in [0.1, 0.15) is 11.6 Å². The van der Waals surface area contributed by atoms with Gasteiger partial charge in [0, 0.05) is 50.9 Å². The summed E-state index contributed by atoms with van der Waals surface area (Å²) in [4.78, 5) is 34.3. The Morgan fingerprint density at radius 3 is 2.69 bits per heavy atom. The van der Waals surface area contributed by atoms with Gasteiger partial charge >= 0.3 is 0 Å². The summed E-state index contributed by atoms with van der Waals surface area (Å²) in [6.45, 7) is 2.82. The van der Waals surface area contributed by atoms with Gasteiger partial charge in [-0.15, -0.1) is 0 Å². The van der Waals surface area contributed by atoms with Crippen molar-refractivity contribution in [1.29, 1.82) is 0 Å². The molecule has 0 aromatic carbocycles. The van der Waals surface area contributed by atoms with Crippen LogP contribution in [0.4, 0.5) is 11.6 Å². The van der Waals surface area contributed by atoms with E-state index >= 15 is 0 Å². The van der Waals surface area contributed by atoms with Crippen LogP contribution in [-0.2, 0) is 4.79 Å². The Bertz CT molecular complexity index is 808. The predicted octanol–water partition coefficient (Wildman–Crippen LogP) is 2.50. The molecule has 26 heavy (non-hydrogen) atoms. The summed E-state index contributed by atoms with van der Waals surface area (Å²) < 4.78 is 0. The Labute approximate surface area is 152 Å². The van der Waals surface area contributed by atoms with E-state index in [1.54, 1.807) is 24.5 Å². The molecule has 3 heterocycles. The van der Waals surface area contributed by atoms with Crippen LogP contribution >= 0.6 is 0 Å². The third-order valence-corrected chi connectivity index (χ3v) is 4.53. The first-order valence-corrected chi connectivity index (χ1v) is 8.73. The van der Waals surface area contributed by atoms with E-state index in [-0.39, 0.29) is 11.8 Å². The van der Waals surface area contributed by atoms with Crippen molar-refractivity contribution < 1.29 is 9.59 Å². The van der Waals surface area contributed by atoms with Crippen molar-refractivity contribution in [3.05, 3.63) is 47.8 Å². The van der Waals surface area contributed by atoms with Crippen LogP contribution in [0.15, 0.2) is 36.7 Å². The summed E-state index contributed by atoms with van der Waals surface area (Å²) >= 11 is 0. The molecule has 0 unspecified atom stereocenters. The van der Waals surface area contributed by atoms with Gasteiger partial charge in [0.2, 0.25) is 5.91 Å². The van der Waals surface area contributed by atoms with Crippen molar-refractivity contribution in [3.63, 3.8) is 0 Å². The van der Waals surface area contributed by atoms with Gasteiger partial charge in [0.05, 0.1) is 0 Å². The molecular weight excluding hydrogens is 330 g/mol. The molecule has 2 aromatic heterocycles. The number of rotatable bonds is 4. The van der Waals surface area contributed by atoms with Crippen LogP contribution in [0.3, 0.4) is 0 Å². The summed E-state index contributed by atoms with van der Waals surface area (Å²) in [6, 6.07) is 7.36. The number of amides is 2. The van der Waals surface area contributed by atoms with Gasteiger partial charge in [0.25, 0.3) is 5.91 Å². The Hall–Kier alpha value is -2.96. The average Bonchev–Trinajstić information content (AvgIpc) is 2.67. The number of carbonyl (C=O) groups excluding carboxylic acids is 2. The maximum atomic E-state index is 12.9. The minimum absolute atomic E-state index is 0.0356. The van der Waals surface area contributed by atoms with E-state index in [1.165, 1.54) is 12.5 Å². The SMILES string of the molecule is CNc1cc([C@H]2CCCN(C(=O)c3ccnc(NC(C)=O)c3)C2)ccn1. The highest BCUT2D eigenvalue weighted by Gasteiger charge is 2.26. The lowest BCUT2D eigenvalue weighted by Gasteiger charge is -2.33. The van der Waals surface area contributed by atoms with Gasteiger partial charge in [-0.3, -0.25) is 9.59 Å². The van der Waals surface area contributed by atoms with Gasteiger partial charge < -0.3 is 15.5 Å². The number of carbonyl (C=O) groups is 2. The van der Waals surface area contributed by atoms with E-state index in [0.717, 1.165) is 25.2 Å². The van der Waals surface area contributed by atoms with Gasteiger partial charge in [-0.05, 0) is 42.7 Å². The number of nitrogens with one attached hydrogen (secondary N) is 2. The second kappa shape index (κ2) is 7.95. The molecule has 3 rings (SSSR count). The van der Waals surface area contributed by atoms with E-state index in [0.29, 0.717) is 23.8 Å². The highest BCUT2D eigenvalue weighted by atomic mass is 16.2. The fourth-order valence-corrected chi connectivity index (χ4v) is 3.27. The van der Waals surface area contributed by atoms with E-state index < -0.39 is 0 Å². The molecule has 7 nitrogen and oxygen atoms in total. The highest BCUT2D eigenvalue weighted by molar-refractivity contribution is 5.96. The smallest absolute Gasteiger partial charge is 0.254 e. The minimum Gasteiger partial charge on any atom is -0.373 e. The fourth-order valence-electron chi connectivity index (χ4n) is 3.27. The normalized spacial score (nSPS) is 16.8. The number of likely N-dealkylation sites (tertiary alicyclic amines) is 1. The van der Waals surface area contributed by atoms with Gasteiger partial charge in [-0.1, -0.05) is 0 Å². The third-order valence-electron chi connectivity index (χ3n) is 4.53. The molecule has 1 aliphatic rings. The summed E-state index contributed by atoms with van der Waals surface area (Å²) in [7, 11) is 1.85. The van der Waals surface area contributed by atoms with Crippen molar-refractivity contribution in [3.8, 4) is 0 Å². The molecule has 2 N–H and O–H groups in total. The Kier molecular flexibility index (Phi) is 5.46. The number of anilines is 2. The van der Waals surface area contributed by atoms with Gasteiger partial charge in [-0.25, -0.2) is 9.97 Å². The van der Waals surface area contributed by atoms with Crippen LogP contribution in [0.5, 0.6) is 0 Å². The quantitative estimate of drug-likeness (QED) is 0.882. The van der Waals surface area contributed by atoms with Crippen LogP contribution in [0, 0.1) is 0 Å². The lowest BCUT2D eigenvalue weighted by molar-refractivity contribution is -0.114. The topological polar surface area (TPSA) is 87.2 Å². The summed E-state index contributed by atoms with van der Waals surface area (Å²) in [5.41, 5.74) is 1.73. The van der Waals surface area contributed by atoms with E-state index in [1.807, 2.05) is 24.1 Å². The molecule has 0 radical (unpaired) electrons. The molecular formula is C19H23N5O2. The number of hydrogen-bond acceptors (Lipinski definition) is 5. The zero-order valence-corrected chi connectivity index (χ0v) is 15.0. The van der Waals surface area contributed by atoms with Crippen LogP contribution in [-0.4, -0.2) is 46.8 Å². The number of nitrogens with zero attached hydrogens (tertiary/aromatic N) is 3. The average molecular weight is 353 g/mol. The maximum Gasteiger partial charge on any atom is 0.254 e. The second-order valence-corrected chi connectivity index (χ2v) is 6.43. The van der Waals surface area contributed by atoms with Crippen LogP contribution in [0.25, 0.3) is 0 Å². The summed E-state index contributed by atoms with van der Waals surface area (Å²) in [5, 5.41) is 5.67. The lowest BCUT2D eigenvalue weighted by Crippen LogP contribution is -2.39. The van der Waals surface area contributed by atoms with Crippen molar-refractivity contribution in [2.75, 3.05) is 30.8 Å². The molecule has 1 fully saturated rings. The molecule has 1 atom stereocenters. The highest BCUT2D eigenvalue weighted by Crippen LogP contribution is 2.28. The predicted molar refractivity (Wildman–Crippen MR) is 100 cm³/mol. The molecule has 0 spiro atoms. The van der Waals surface area contributed by atoms with Crippen LogP contribution < -0.4 is 10.6 Å². The zero-order valence-electron chi connectivity index (χ0n) is 15.0. The molecule has 136 valence electrons. The van der Waals surface area contributed by atoms with Crippen LogP contribution in [0.2, 0.25) is 0 Å². The standard InChI is InChI=1S/C19H23N5O2/c1-13(25)23-18-11-15(6-8-22-18)19(26)24-9-3-4-16(12-24)14-5-7-21-17(10-14)20-2/h5-8,10-11,16H,3-4,9,12H2,1-2H3,(H,20,21)(H,22,23,25)/t16-/m0/s1. The Balaban J connectivity index is 1.74. The second-order valence-electron chi connectivity index (χ2n) is 6.43. The number of aromatic nitrogens is 2. The van der Waals surface area contributed by atoms with Crippen molar-refractivity contribution in [2.24, 2.45) is 0 Å². The first-order valence-electron chi connectivity index (χ1n) is 8.73. The van der Waals surface area contributed by atoms with Crippen LogP contribution in [0.1, 0.15) is 41.6 Å². The molecule has 0 saturated carbocycles. The van der Waals surface area contributed by atoms with Crippen molar-refractivity contribution >= 4 is 23.5 Å². The molecule has 0 bridgehead atoms. The number of pyridine rings is 2. The molecule has 1 aliphatic heterocycles. The zero-order chi connectivity index (χ0) is 18.5.